The molecule has 2 aromatic carbocycles. The lowest BCUT2D eigenvalue weighted by molar-refractivity contribution is 0.103. The Morgan fingerprint density at radius 2 is 1.68 bits per heavy atom. The molecule has 2 heteroatoms. The highest BCUT2D eigenvalue weighted by molar-refractivity contribution is 6.10. The average molecular weight is 253 g/mol. The Bertz CT molecular complexity index is 582. The molecule has 19 heavy (non-hydrogen) atoms. The number of carbonyl (C=O) groups is 1. The van der Waals surface area contributed by atoms with Gasteiger partial charge in [-0.1, -0.05) is 41.5 Å². The van der Waals surface area contributed by atoms with E-state index in [9.17, 15) is 4.79 Å². The van der Waals surface area contributed by atoms with Crippen LogP contribution in [-0.2, 0) is 6.42 Å². The maximum atomic E-state index is 12.6. The molecule has 0 aliphatic carbocycles. The van der Waals surface area contributed by atoms with Gasteiger partial charge in [0.15, 0.2) is 5.78 Å². The van der Waals surface area contributed by atoms with Gasteiger partial charge in [-0.25, -0.2) is 0 Å². The molecule has 0 aliphatic rings. The fraction of sp³-hybridized carbons (Fsp3) is 0.235. The molecular weight excluding hydrogens is 234 g/mol. The lowest BCUT2D eigenvalue weighted by Gasteiger charge is -2.09. The van der Waals surface area contributed by atoms with Gasteiger partial charge in [-0.2, -0.15) is 0 Å². The van der Waals surface area contributed by atoms with Crippen LogP contribution in [0.1, 0.15) is 32.6 Å². The SMILES string of the molecule is Cc1cc(C)cc(C(=O)c2ccccc2CCN)c1. The summed E-state index contributed by atoms with van der Waals surface area (Å²) in [7, 11) is 0. The second-order valence-electron chi connectivity index (χ2n) is 4.90. The van der Waals surface area contributed by atoms with E-state index in [0.717, 1.165) is 34.2 Å². The third-order valence-corrected chi connectivity index (χ3v) is 3.16. The second kappa shape index (κ2) is 5.81. The van der Waals surface area contributed by atoms with Crippen LogP contribution < -0.4 is 5.73 Å². The van der Waals surface area contributed by atoms with E-state index < -0.39 is 0 Å². The van der Waals surface area contributed by atoms with Crippen molar-refractivity contribution >= 4 is 5.78 Å². The zero-order valence-electron chi connectivity index (χ0n) is 11.4. The predicted octanol–water partition coefficient (Wildman–Crippen LogP) is 3.04. The molecule has 0 bridgehead atoms. The van der Waals surface area contributed by atoms with Crippen LogP contribution in [0.3, 0.4) is 0 Å². The number of benzene rings is 2. The molecule has 2 N–H and O–H groups in total. The van der Waals surface area contributed by atoms with E-state index in [-0.39, 0.29) is 5.78 Å². The van der Waals surface area contributed by atoms with E-state index in [2.05, 4.69) is 6.07 Å². The summed E-state index contributed by atoms with van der Waals surface area (Å²) in [6, 6.07) is 13.7. The topological polar surface area (TPSA) is 43.1 Å². The minimum absolute atomic E-state index is 0.0795. The largest absolute Gasteiger partial charge is 0.330 e. The van der Waals surface area contributed by atoms with Gasteiger partial charge < -0.3 is 5.73 Å². The third-order valence-electron chi connectivity index (χ3n) is 3.16. The number of aryl methyl sites for hydroxylation is 2. The van der Waals surface area contributed by atoms with Crippen LogP contribution in [0, 0.1) is 13.8 Å². The molecule has 0 spiro atoms. The molecule has 0 atom stereocenters. The molecule has 98 valence electrons. The molecule has 0 heterocycles. The lowest BCUT2D eigenvalue weighted by atomic mass is 9.95. The van der Waals surface area contributed by atoms with Crippen molar-refractivity contribution in [2.45, 2.75) is 20.3 Å². The fourth-order valence-electron chi connectivity index (χ4n) is 2.38. The Morgan fingerprint density at radius 1 is 1.05 bits per heavy atom. The Kier molecular flexibility index (Phi) is 4.13. The maximum Gasteiger partial charge on any atom is 0.193 e. The normalized spacial score (nSPS) is 10.5. The Hall–Kier alpha value is -1.93. The summed E-state index contributed by atoms with van der Waals surface area (Å²) in [6.07, 6.45) is 0.729. The molecule has 2 nitrogen and oxygen atoms in total. The summed E-state index contributed by atoms with van der Waals surface area (Å²) in [4.78, 5) is 12.6. The van der Waals surface area contributed by atoms with E-state index in [1.807, 2.05) is 50.2 Å². The molecular formula is C17H19NO. The van der Waals surface area contributed by atoms with Crippen molar-refractivity contribution in [1.29, 1.82) is 0 Å². The van der Waals surface area contributed by atoms with Crippen LogP contribution in [0.2, 0.25) is 0 Å². The van der Waals surface area contributed by atoms with Gasteiger partial charge in [0.1, 0.15) is 0 Å². The molecule has 0 radical (unpaired) electrons. The van der Waals surface area contributed by atoms with Crippen LogP contribution in [-0.4, -0.2) is 12.3 Å². The quantitative estimate of drug-likeness (QED) is 0.851. The monoisotopic (exact) mass is 253 g/mol. The summed E-state index contributed by atoms with van der Waals surface area (Å²) in [6.45, 7) is 4.57. The first kappa shape index (κ1) is 13.5. The smallest absolute Gasteiger partial charge is 0.193 e. The molecule has 0 amide bonds. The molecule has 2 rings (SSSR count). The number of hydrogen-bond donors (Lipinski definition) is 1. The van der Waals surface area contributed by atoms with Crippen molar-refractivity contribution in [2.24, 2.45) is 5.73 Å². The van der Waals surface area contributed by atoms with Crippen molar-refractivity contribution in [1.82, 2.24) is 0 Å². The highest BCUT2D eigenvalue weighted by Crippen LogP contribution is 2.17. The zero-order chi connectivity index (χ0) is 13.8. The van der Waals surface area contributed by atoms with E-state index in [1.54, 1.807) is 0 Å². The summed E-state index contributed by atoms with van der Waals surface area (Å²) >= 11 is 0. The number of rotatable bonds is 4. The van der Waals surface area contributed by atoms with E-state index in [0.29, 0.717) is 6.54 Å². The number of carbonyl (C=O) groups excluding carboxylic acids is 1. The van der Waals surface area contributed by atoms with Crippen LogP contribution in [0.25, 0.3) is 0 Å². The molecule has 0 aromatic heterocycles. The summed E-state index contributed by atoms with van der Waals surface area (Å²) in [5.74, 6) is 0.0795. The van der Waals surface area contributed by atoms with Crippen molar-refractivity contribution in [2.75, 3.05) is 6.54 Å². The van der Waals surface area contributed by atoms with Gasteiger partial charge >= 0.3 is 0 Å². The summed E-state index contributed by atoms with van der Waals surface area (Å²) in [5, 5.41) is 0. The lowest BCUT2D eigenvalue weighted by Crippen LogP contribution is -2.10. The number of ketones is 1. The maximum absolute atomic E-state index is 12.6. The van der Waals surface area contributed by atoms with Crippen LogP contribution in [0.15, 0.2) is 42.5 Å². The molecule has 0 saturated carbocycles. The van der Waals surface area contributed by atoms with Crippen molar-refractivity contribution in [3.05, 3.63) is 70.3 Å². The van der Waals surface area contributed by atoms with Crippen molar-refractivity contribution in [3.8, 4) is 0 Å². The average Bonchev–Trinajstić information content (AvgIpc) is 2.38. The number of nitrogens with two attached hydrogens (primary N) is 1. The first-order chi connectivity index (χ1) is 9.11. The summed E-state index contributed by atoms with van der Waals surface area (Å²) < 4.78 is 0. The second-order valence-corrected chi connectivity index (χ2v) is 4.90. The third kappa shape index (κ3) is 3.09. The van der Waals surface area contributed by atoms with Gasteiger partial charge in [-0.3, -0.25) is 4.79 Å². The zero-order valence-corrected chi connectivity index (χ0v) is 11.4. The van der Waals surface area contributed by atoms with Crippen molar-refractivity contribution in [3.63, 3.8) is 0 Å². The Morgan fingerprint density at radius 3 is 2.32 bits per heavy atom. The molecule has 0 fully saturated rings. The van der Waals surface area contributed by atoms with Crippen LogP contribution in [0.4, 0.5) is 0 Å². The predicted molar refractivity (Wildman–Crippen MR) is 78.5 cm³/mol. The van der Waals surface area contributed by atoms with Gasteiger partial charge in [0, 0.05) is 11.1 Å². The molecule has 0 saturated heterocycles. The highest BCUT2D eigenvalue weighted by Gasteiger charge is 2.13. The fourth-order valence-corrected chi connectivity index (χ4v) is 2.38. The van der Waals surface area contributed by atoms with Crippen LogP contribution >= 0.6 is 0 Å². The van der Waals surface area contributed by atoms with Crippen molar-refractivity contribution < 1.29 is 4.79 Å². The molecule has 0 aliphatic heterocycles. The molecule has 0 unspecified atom stereocenters. The van der Waals surface area contributed by atoms with E-state index in [1.165, 1.54) is 0 Å². The van der Waals surface area contributed by atoms with E-state index >= 15 is 0 Å². The van der Waals surface area contributed by atoms with Gasteiger partial charge in [0.05, 0.1) is 0 Å². The summed E-state index contributed by atoms with van der Waals surface area (Å²) in [5.41, 5.74) is 10.4. The number of hydrogen-bond acceptors (Lipinski definition) is 2. The first-order valence-electron chi connectivity index (χ1n) is 6.53. The Labute approximate surface area is 114 Å². The van der Waals surface area contributed by atoms with Gasteiger partial charge in [-0.05, 0) is 44.5 Å². The molecule has 2 aromatic rings. The Balaban J connectivity index is 2.44. The van der Waals surface area contributed by atoms with Gasteiger partial charge in [0.25, 0.3) is 0 Å². The van der Waals surface area contributed by atoms with E-state index in [4.69, 9.17) is 5.73 Å². The minimum atomic E-state index is 0.0795. The highest BCUT2D eigenvalue weighted by atomic mass is 16.1. The minimum Gasteiger partial charge on any atom is -0.330 e. The standard InChI is InChI=1S/C17H19NO/c1-12-9-13(2)11-15(10-12)17(19)16-6-4-3-5-14(16)7-8-18/h3-6,9-11H,7-8,18H2,1-2H3. The van der Waals surface area contributed by atoms with Gasteiger partial charge in [-0.15, -0.1) is 0 Å². The first-order valence-corrected chi connectivity index (χ1v) is 6.53. The van der Waals surface area contributed by atoms with Gasteiger partial charge in [0.2, 0.25) is 0 Å². The van der Waals surface area contributed by atoms with Crippen LogP contribution in [0.5, 0.6) is 0 Å².